The zero-order valence-corrected chi connectivity index (χ0v) is 19.6. The van der Waals surface area contributed by atoms with Crippen molar-refractivity contribution in [3.63, 3.8) is 0 Å². The summed E-state index contributed by atoms with van der Waals surface area (Å²) in [5, 5.41) is 12.1. The van der Waals surface area contributed by atoms with Gasteiger partial charge in [-0.15, -0.1) is 0 Å². The van der Waals surface area contributed by atoms with Crippen LogP contribution in [0.3, 0.4) is 0 Å². The Kier molecular flexibility index (Phi) is 8.83. The number of hydrogen-bond donors (Lipinski definition) is 1. The summed E-state index contributed by atoms with van der Waals surface area (Å²) >= 11 is -2.02. The SMILES string of the molecule is C=C(C)C(C(=O)OCc1ccc([N+](=O)[O-])cc1)N1C(=O)C(NC(C)=O)C1S(=O)OCC(C)C. The van der Waals surface area contributed by atoms with E-state index in [4.69, 9.17) is 8.92 Å². The van der Waals surface area contributed by atoms with Crippen molar-refractivity contribution in [2.75, 3.05) is 6.61 Å². The predicted octanol–water partition coefficient (Wildman–Crippen LogP) is 1.59. The number of nitrogens with zero attached hydrogens (tertiary/aromatic N) is 2. The minimum atomic E-state index is -2.02. The molecule has 0 saturated carbocycles. The first kappa shape index (κ1) is 26.1. The summed E-state index contributed by atoms with van der Waals surface area (Å²) in [5.41, 5.74) is 0.664. The molecule has 1 N–H and O–H groups in total. The monoisotopic (exact) mass is 481 g/mol. The lowest BCUT2D eigenvalue weighted by molar-refractivity contribution is -0.384. The molecule has 1 aromatic carbocycles. The quantitative estimate of drug-likeness (QED) is 0.165. The molecule has 0 radical (unpaired) electrons. The largest absolute Gasteiger partial charge is 0.459 e. The van der Waals surface area contributed by atoms with Crippen molar-refractivity contribution in [1.82, 2.24) is 10.2 Å². The van der Waals surface area contributed by atoms with Crippen LogP contribution in [0.4, 0.5) is 5.69 Å². The summed E-state index contributed by atoms with van der Waals surface area (Å²) in [6.07, 6.45) is 0. The summed E-state index contributed by atoms with van der Waals surface area (Å²) in [6.45, 7) is 10.2. The van der Waals surface area contributed by atoms with Crippen LogP contribution < -0.4 is 5.32 Å². The number of ether oxygens (including phenoxy) is 1. The third-order valence-electron chi connectivity index (χ3n) is 4.65. The van der Waals surface area contributed by atoms with Crippen LogP contribution in [0, 0.1) is 16.0 Å². The molecule has 1 fully saturated rings. The van der Waals surface area contributed by atoms with Crippen LogP contribution in [0.2, 0.25) is 0 Å². The van der Waals surface area contributed by atoms with E-state index in [1.165, 1.54) is 38.1 Å². The van der Waals surface area contributed by atoms with E-state index in [-0.39, 0.29) is 30.4 Å². The lowest BCUT2D eigenvalue weighted by atomic mass is 9.99. The molecule has 1 aromatic rings. The number of hydrogen-bond acceptors (Lipinski definition) is 8. The van der Waals surface area contributed by atoms with Crippen LogP contribution in [0.25, 0.3) is 0 Å². The van der Waals surface area contributed by atoms with Gasteiger partial charge in [0, 0.05) is 19.1 Å². The smallest absolute Gasteiger partial charge is 0.333 e. The Morgan fingerprint density at radius 2 is 1.88 bits per heavy atom. The molecule has 4 atom stereocenters. The number of likely N-dealkylation sites (tertiary alicyclic amines) is 1. The van der Waals surface area contributed by atoms with E-state index in [0.29, 0.717) is 5.56 Å². The maximum Gasteiger partial charge on any atom is 0.333 e. The Labute approximate surface area is 193 Å². The molecule has 12 heteroatoms. The number of non-ortho nitro benzene ring substituents is 1. The van der Waals surface area contributed by atoms with Gasteiger partial charge in [0.25, 0.3) is 11.6 Å². The number of β-lactam (4-membered cyclic amide) rings is 1. The lowest BCUT2D eigenvalue weighted by Gasteiger charge is -2.48. The highest BCUT2D eigenvalue weighted by Gasteiger charge is 2.57. The number of amides is 2. The molecule has 0 aromatic heterocycles. The average Bonchev–Trinajstić information content (AvgIpc) is 2.74. The zero-order valence-electron chi connectivity index (χ0n) is 18.8. The topological polar surface area (TPSA) is 145 Å². The molecular weight excluding hydrogens is 454 g/mol. The maximum atomic E-state index is 12.9. The second-order valence-electron chi connectivity index (χ2n) is 8.03. The molecule has 2 rings (SSSR count). The highest BCUT2D eigenvalue weighted by atomic mass is 32.2. The standard InChI is InChI=1S/C21H27N3O8S/c1-12(2)10-32-33(30)20-17(22-14(5)25)19(26)23(20)18(13(3)4)21(27)31-11-15-6-8-16(9-7-15)24(28)29/h6-9,12,17-18,20H,3,10-11H2,1-2,4-5H3,(H,22,25). The van der Waals surface area contributed by atoms with Crippen molar-refractivity contribution in [3.05, 3.63) is 52.1 Å². The van der Waals surface area contributed by atoms with Crippen molar-refractivity contribution in [2.24, 2.45) is 5.92 Å². The lowest BCUT2D eigenvalue weighted by Crippen LogP contribution is -2.75. The molecule has 1 heterocycles. The molecule has 1 saturated heterocycles. The number of nitro groups is 1. The second kappa shape index (κ2) is 11.1. The van der Waals surface area contributed by atoms with Gasteiger partial charge in [0.1, 0.15) is 12.6 Å². The van der Waals surface area contributed by atoms with Gasteiger partial charge in [0.15, 0.2) is 22.5 Å². The van der Waals surface area contributed by atoms with Crippen molar-refractivity contribution in [3.8, 4) is 0 Å². The van der Waals surface area contributed by atoms with Crippen molar-refractivity contribution < 1.29 is 32.4 Å². The summed E-state index contributed by atoms with van der Waals surface area (Å²) in [7, 11) is 0. The van der Waals surface area contributed by atoms with E-state index in [1.54, 1.807) is 0 Å². The van der Waals surface area contributed by atoms with E-state index in [0.717, 1.165) is 4.90 Å². The van der Waals surface area contributed by atoms with E-state index < -0.39 is 51.2 Å². The first-order valence-corrected chi connectivity index (χ1v) is 11.3. The Hall–Kier alpha value is -3.12. The van der Waals surface area contributed by atoms with Crippen LogP contribution in [-0.4, -0.2) is 55.9 Å². The number of esters is 1. The number of nitro benzene ring substituents is 1. The van der Waals surface area contributed by atoms with Gasteiger partial charge in [-0.2, -0.15) is 0 Å². The predicted molar refractivity (Wildman–Crippen MR) is 119 cm³/mol. The number of rotatable bonds is 11. The number of carbonyl (C=O) groups is 3. The normalized spacial score (nSPS) is 19.4. The summed E-state index contributed by atoms with van der Waals surface area (Å²) in [4.78, 5) is 48.4. The molecule has 4 unspecified atom stereocenters. The van der Waals surface area contributed by atoms with Gasteiger partial charge < -0.3 is 15.0 Å². The van der Waals surface area contributed by atoms with E-state index in [2.05, 4.69) is 11.9 Å². The van der Waals surface area contributed by atoms with Gasteiger partial charge in [0.05, 0.1) is 11.5 Å². The third-order valence-corrected chi connectivity index (χ3v) is 5.91. The molecule has 1 aliphatic heterocycles. The summed E-state index contributed by atoms with van der Waals surface area (Å²) in [5.74, 6) is -1.86. The fourth-order valence-corrected chi connectivity index (χ4v) is 4.45. The van der Waals surface area contributed by atoms with Crippen LogP contribution >= 0.6 is 0 Å². The van der Waals surface area contributed by atoms with Gasteiger partial charge in [-0.1, -0.05) is 20.4 Å². The first-order valence-electron chi connectivity index (χ1n) is 10.1. The minimum Gasteiger partial charge on any atom is -0.459 e. The Morgan fingerprint density at radius 1 is 1.27 bits per heavy atom. The van der Waals surface area contributed by atoms with Gasteiger partial charge >= 0.3 is 5.97 Å². The molecular formula is C21H27N3O8S. The van der Waals surface area contributed by atoms with Crippen molar-refractivity contribution in [2.45, 2.75) is 51.8 Å². The van der Waals surface area contributed by atoms with Crippen LogP contribution in [-0.2, 0) is 41.0 Å². The molecule has 11 nitrogen and oxygen atoms in total. The van der Waals surface area contributed by atoms with E-state index in [1.807, 2.05) is 13.8 Å². The van der Waals surface area contributed by atoms with Gasteiger partial charge in [-0.3, -0.25) is 23.9 Å². The van der Waals surface area contributed by atoms with E-state index in [9.17, 15) is 28.7 Å². The third kappa shape index (κ3) is 6.45. The second-order valence-corrected chi connectivity index (χ2v) is 9.27. The van der Waals surface area contributed by atoms with Crippen molar-refractivity contribution in [1.29, 1.82) is 0 Å². The summed E-state index contributed by atoms with van der Waals surface area (Å²) in [6, 6.07) is 3.08. The molecule has 0 bridgehead atoms. The fourth-order valence-electron chi connectivity index (χ4n) is 3.09. The summed E-state index contributed by atoms with van der Waals surface area (Å²) < 4.78 is 23.5. The number of carbonyl (C=O) groups excluding carboxylic acids is 3. The van der Waals surface area contributed by atoms with Gasteiger partial charge in [0.2, 0.25) is 5.91 Å². The first-order chi connectivity index (χ1) is 15.4. The van der Waals surface area contributed by atoms with Gasteiger partial charge in [-0.25, -0.2) is 9.00 Å². The number of benzene rings is 1. The molecule has 0 aliphatic carbocycles. The van der Waals surface area contributed by atoms with Gasteiger partial charge in [-0.05, 0) is 36.1 Å². The fraction of sp³-hybridized carbons (Fsp3) is 0.476. The molecule has 0 spiro atoms. The minimum absolute atomic E-state index is 0.0704. The molecule has 180 valence electrons. The molecule has 2 amide bonds. The Balaban J connectivity index is 2.19. The van der Waals surface area contributed by atoms with Crippen LogP contribution in [0.15, 0.2) is 36.4 Å². The van der Waals surface area contributed by atoms with E-state index >= 15 is 0 Å². The van der Waals surface area contributed by atoms with Crippen LogP contribution in [0.5, 0.6) is 0 Å². The molecule has 33 heavy (non-hydrogen) atoms. The van der Waals surface area contributed by atoms with Crippen LogP contribution in [0.1, 0.15) is 33.3 Å². The Bertz CT molecular complexity index is 963. The van der Waals surface area contributed by atoms with Crippen molar-refractivity contribution >= 4 is 34.6 Å². The highest BCUT2D eigenvalue weighted by Crippen LogP contribution is 2.30. The zero-order chi connectivity index (χ0) is 24.9. The Morgan fingerprint density at radius 3 is 2.36 bits per heavy atom. The average molecular weight is 482 g/mol. The molecule has 1 aliphatic rings. The number of nitrogens with one attached hydrogen (secondary N) is 1. The maximum absolute atomic E-state index is 12.9. The highest BCUT2D eigenvalue weighted by molar-refractivity contribution is 7.81.